The molecule has 0 aromatic carbocycles. The van der Waals surface area contributed by atoms with Crippen molar-refractivity contribution < 1.29 is 23.4 Å². The minimum absolute atomic E-state index is 0.0607. The average Bonchev–Trinajstić information content (AvgIpc) is 2.23. The van der Waals surface area contributed by atoms with Crippen LogP contribution in [0, 0.1) is 11.8 Å². The van der Waals surface area contributed by atoms with E-state index in [-0.39, 0.29) is 5.92 Å². The van der Waals surface area contributed by atoms with E-state index in [9.17, 15) is 9.46 Å². The van der Waals surface area contributed by atoms with Gasteiger partial charge in [-0.05, 0) is 39.0 Å². The van der Waals surface area contributed by atoms with Gasteiger partial charge in [0.1, 0.15) is 12.6 Å². The maximum Gasteiger partial charge on any atom is 0.265 e. The van der Waals surface area contributed by atoms with Gasteiger partial charge >= 0.3 is 0 Å². The van der Waals surface area contributed by atoms with Gasteiger partial charge in [-0.1, -0.05) is 18.1 Å². The molecule has 0 spiro atoms. The van der Waals surface area contributed by atoms with Crippen LogP contribution in [0.25, 0.3) is 0 Å². The van der Waals surface area contributed by atoms with Crippen molar-refractivity contribution in [2.75, 3.05) is 27.7 Å². The fraction of sp³-hybridized carbons (Fsp3) is 0.867. The van der Waals surface area contributed by atoms with Gasteiger partial charge < -0.3 is 18.8 Å². The Hall–Kier alpha value is -0.190. The van der Waals surface area contributed by atoms with Gasteiger partial charge in [-0.15, -0.1) is 0 Å². The molecule has 1 aliphatic carbocycles. The van der Waals surface area contributed by atoms with Crippen LogP contribution >= 0.6 is 7.82 Å². The molecule has 1 saturated carbocycles. The molecule has 5 nitrogen and oxygen atoms in total. The molecule has 0 aromatic rings. The van der Waals surface area contributed by atoms with Crippen molar-refractivity contribution in [2.45, 2.75) is 46.1 Å². The SMILES string of the molecule is CC(C)=C1CCC(C)CC1C(C[N+](C)(C)C)OP(=O)([O-])O. The second-order valence-electron chi connectivity index (χ2n) is 7.60. The van der Waals surface area contributed by atoms with Crippen LogP contribution in [0.5, 0.6) is 0 Å². The van der Waals surface area contributed by atoms with Crippen LogP contribution < -0.4 is 4.89 Å². The molecule has 1 aliphatic rings. The third kappa shape index (κ3) is 6.62. The number of rotatable bonds is 5. The molecule has 1 fully saturated rings. The van der Waals surface area contributed by atoms with Crippen molar-refractivity contribution in [2.24, 2.45) is 11.8 Å². The molecular weight excluding hydrogens is 289 g/mol. The number of nitrogens with zero attached hydrogens (tertiary/aromatic N) is 1. The Bertz CT molecular complexity index is 431. The van der Waals surface area contributed by atoms with Gasteiger partial charge in [-0.25, -0.2) is 0 Å². The van der Waals surface area contributed by atoms with E-state index in [2.05, 4.69) is 20.8 Å². The third-order valence-electron chi connectivity index (χ3n) is 4.10. The molecule has 0 heterocycles. The second kappa shape index (κ2) is 6.93. The highest BCUT2D eigenvalue weighted by atomic mass is 31.2. The maximum absolute atomic E-state index is 11.3. The summed E-state index contributed by atoms with van der Waals surface area (Å²) < 4.78 is 16.9. The van der Waals surface area contributed by atoms with Crippen LogP contribution in [-0.2, 0) is 9.09 Å². The van der Waals surface area contributed by atoms with Gasteiger partial charge in [-0.3, -0.25) is 4.57 Å². The fourth-order valence-electron chi connectivity index (χ4n) is 3.22. The number of allylic oxidation sites excluding steroid dienone is 1. The van der Waals surface area contributed by atoms with Crippen LogP contribution in [0.4, 0.5) is 0 Å². The van der Waals surface area contributed by atoms with Crippen LogP contribution in [0.15, 0.2) is 11.1 Å². The molecule has 0 amide bonds. The number of hydrogen-bond acceptors (Lipinski definition) is 3. The largest absolute Gasteiger partial charge is 0.756 e. The molecule has 0 bridgehead atoms. The number of phosphoric ester groups is 1. The first-order valence-corrected chi connectivity index (χ1v) is 9.07. The molecule has 0 aromatic heterocycles. The van der Waals surface area contributed by atoms with Crippen molar-refractivity contribution in [3.63, 3.8) is 0 Å². The van der Waals surface area contributed by atoms with E-state index >= 15 is 0 Å². The van der Waals surface area contributed by atoms with Gasteiger partial charge in [0, 0.05) is 5.92 Å². The maximum atomic E-state index is 11.3. The van der Waals surface area contributed by atoms with Crippen LogP contribution in [-0.4, -0.2) is 43.2 Å². The van der Waals surface area contributed by atoms with Crippen molar-refractivity contribution in [1.29, 1.82) is 0 Å². The minimum atomic E-state index is -4.73. The zero-order valence-electron chi connectivity index (χ0n) is 14.1. The van der Waals surface area contributed by atoms with Crippen LogP contribution in [0.1, 0.15) is 40.0 Å². The normalized spacial score (nSPS) is 28.1. The minimum Gasteiger partial charge on any atom is -0.756 e. The van der Waals surface area contributed by atoms with E-state index in [0.29, 0.717) is 16.9 Å². The Balaban J connectivity index is 3.08. The lowest BCUT2D eigenvalue weighted by Gasteiger charge is -2.40. The summed E-state index contributed by atoms with van der Waals surface area (Å²) in [5.74, 6) is 0.604. The van der Waals surface area contributed by atoms with Crippen molar-refractivity contribution in [1.82, 2.24) is 0 Å². The van der Waals surface area contributed by atoms with Gasteiger partial charge in [0.15, 0.2) is 0 Å². The van der Waals surface area contributed by atoms with Crippen molar-refractivity contribution >= 4 is 7.82 Å². The summed E-state index contributed by atoms with van der Waals surface area (Å²) in [6.07, 6.45) is 2.51. The first kappa shape index (κ1) is 18.9. The predicted molar refractivity (Wildman–Crippen MR) is 82.5 cm³/mol. The molecule has 0 aliphatic heterocycles. The summed E-state index contributed by atoms with van der Waals surface area (Å²) in [6, 6.07) is 0. The number of quaternary nitrogens is 1. The number of hydrogen-bond donors (Lipinski definition) is 1. The topological polar surface area (TPSA) is 69.6 Å². The average molecular weight is 319 g/mol. The molecule has 6 heteroatoms. The summed E-state index contributed by atoms with van der Waals surface area (Å²) in [4.78, 5) is 20.4. The van der Waals surface area contributed by atoms with Gasteiger partial charge in [0.2, 0.25) is 0 Å². The van der Waals surface area contributed by atoms with E-state index in [1.807, 2.05) is 21.1 Å². The second-order valence-corrected chi connectivity index (χ2v) is 8.74. The Labute approximate surface area is 128 Å². The highest BCUT2D eigenvalue weighted by molar-refractivity contribution is 7.44. The summed E-state index contributed by atoms with van der Waals surface area (Å²) in [6.45, 7) is 6.86. The quantitative estimate of drug-likeness (QED) is 0.479. The van der Waals surface area contributed by atoms with Crippen LogP contribution in [0.2, 0.25) is 0 Å². The first-order valence-electron chi connectivity index (χ1n) is 7.58. The molecular formula is C15H30NO4P. The first-order chi connectivity index (χ1) is 9.39. The summed E-state index contributed by atoms with van der Waals surface area (Å²) in [7, 11) is 1.26. The molecule has 21 heavy (non-hydrogen) atoms. The smallest absolute Gasteiger partial charge is 0.265 e. The Morgan fingerprint density at radius 2 is 2.05 bits per heavy atom. The predicted octanol–water partition coefficient (Wildman–Crippen LogP) is 2.31. The molecule has 1 rings (SSSR count). The lowest BCUT2D eigenvalue weighted by Crippen LogP contribution is -2.46. The zero-order valence-corrected chi connectivity index (χ0v) is 15.0. The molecule has 4 unspecified atom stereocenters. The number of phosphoric acid groups is 1. The van der Waals surface area contributed by atoms with Gasteiger partial charge in [0.25, 0.3) is 7.82 Å². The Morgan fingerprint density at radius 1 is 1.48 bits per heavy atom. The van der Waals surface area contributed by atoms with E-state index < -0.39 is 13.9 Å². The van der Waals surface area contributed by atoms with Gasteiger partial charge in [-0.2, -0.15) is 0 Å². The monoisotopic (exact) mass is 319 g/mol. The Kier molecular flexibility index (Phi) is 6.22. The van der Waals surface area contributed by atoms with E-state index in [1.165, 1.54) is 11.1 Å². The van der Waals surface area contributed by atoms with E-state index in [1.54, 1.807) is 0 Å². The lowest BCUT2D eigenvalue weighted by atomic mass is 9.74. The van der Waals surface area contributed by atoms with Crippen LogP contribution in [0.3, 0.4) is 0 Å². The number of likely N-dealkylation sites (N-methyl/N-ethyl adjacent to an activating group) is 1. The van der Waals surface area contributed by atoms with E-state index in [4.69, 9.17) is 9.42 Å². The Morgan fingerprint density at radius 3 is 2.48 bits per heavy atom. The zero-order chi connectivity index (χ0) is 16.4. The summed E-state index contributed by atoms with van der Waals surface area (Å²) in [5, 5.41) is 0. The fourth-order valence-corrected chi connectivity index (χ4v) is 3.78. The molecule has 124 valence electrons. The molecule has 1 N–H and O–H groups in total. The molecule has 0 radical (unpaired) electrons. The molecule has 0 saturated heterocycles. The highest BCUT2D eigenvalue weighted by Gasteiger charge is 2.36. The van der Waals surface area contributed by atoms with E-state index in [0.717, 1.165) is 19.3 Å². The van der Waals surface area contributed by atoms with Gasteiger partial charge in [0.05, 0.1) is 21.1 Å². The third-order valence-corrected chi connectivity index (χ3v) is 4.63. The molecule has 4 atom stereocenters. The highest BCUT2D eigenvalue weighted by Crippen LogP contribution is 2.43. The van der Waals surface area contributed by atoms with Crippen molar-refractivity contribution in [3.8, 4) is 0 Å². The summed E-state index contributed by atoms with van der Waals surface area (Å²) >= 11 is 0. The lowest BCUT2D eigenvalue weighted by molar-refractivity contribution is -0.873. The summed E-state index contributed by atoms with van der Waals surface area (Å²) in [5.41, 5.74) is 2.53. The standard InChI is InChI=1S/C15H30NO4P/c1-11(2)13-8-7-12(3)9-14(13)15(10-16(4,5)6)20-21(17,18)19/h12,14-15H,7-10H2,1-6H3,(H-,17,18,19). The van der Waals surface area contributed by atoms with Crippen molar-refractivity contribution in [3.05, 3.63) is 11.1 Å².